The summed E-state index contributed by atoms with van der Waals surface area (Å²) in [4.78, 5) is 17.9. The third kappa shape index (κ3) is 3.08. The molecule has 2 heterocycles. The van der Waals surface area contributed by atoms with Crippen LogP contribution in [0.4, 0.5) is 9.93 Å². The predicted octanol–water partition coefficient (Wildman–Crippen LogP) is 1.80. The molecule has 0 unspecified atom stereocenters. The van der Waals surface area contributed by atoms with Gasteiger partial charge in [-0.15, -0.1) is 0 Å². The molecule has 0 spiro atoms. The van der Waals surface area contributed by atoms with Crippen molar-refractivity contribution in [2.45, 2.75) is 13.3 Å². The van der Waals surface area contributed by atoms with Gasteiger partial charge in [-0.1, -0.05) is 29.9 Å². The quantitative estimate of drug-likeness (QED) is 0.865. The number of carbonyl (C=O) groups excluding carboxylic acids is 1. The van der Waals surface area contributed by atoms with Crippen LogP contribution < -0.4 is 10.6 Å². The maximum absolute atomic E-state index is 11.9. The molecule has 2 rings (SSSR count). The predicted molar refractivity (Wildman–Crippen MR) is 70.0 cm³/mol. The third-order valence-electron chi connectivity index (χ3n) is 2.60. The molecule has 2 N–H and O–H groups in total. The van der Waals surface area contributed by atoms with Crippen molar-refractivity contribution < 1.29 is 4.79 Å². The first-order valence-corrected chi connectivity index (χ1v) is 6.82. The Labute approximate surface area is 109 Å². The van der Waals surface area contributed by atoms with Crippen molar-refractivity contribution in [3.8, 4) is 0 Å². The first-order chi connectivity index (χ1) is 8.20. The van der Waals surface area contributed by atoms with Gasteiger partial charge in [0.15, 0.2) is 5.13 Å². The summed E-state index contributed by atoms with van der Waals surface area (Å²) in [5.74, 6) is 0. The highest BCUT2D eigenvalue weighted by Gasteiger charge is 2.18. The zero-order valence-corrected chi connectivity index (χ0v) is 11.2. The number of nitrogens with one attached hydrogen (secondary N) is 2. The lowest BCUT2D eigenvalue weighted by atomic mass is 10.4. The number of hydrogen-bond acceptors (Lipinski definition) is 4. The number of carbonyl (C=O) groups is 1. The number of nitrogens with zero attached hydrogens (tertiary/aromatic N) is 2. The Balaban J connectivity index is 1.97. The molecule has 1 aromatic heterocycles. The van der Waals surface area contributed by atoms with E-state index >= 15 is 0 Å². The molecule has 1 aliphatic heterocycles. The molecule has 0 radical (unpaired) electrons. The first-order valence-electron chi connectivity index (χ1n) is 5.62. The molecule has 0 atom stereocenters. The van der Waals surface area contributed by atoms with E-state index in [1.165, 1.54) is 11.3 Å². The van der Waals surface area contributed by atoms with E-state index in [1.807, 2.05) is 6.92 Å². The Morgan fingerprint density at radius 3 is 2.88 bits per heavy atom. The van der Waals surface area contributed by atoms with Crippen molar-refractivity contribution >= 4 is 34.1 Å². The lowest BCUT2D eigenvalue weighted by Gasteiger charge is -2.26. The lowest BCUT2D eigenvalue weighted by molar-refractivity contribution is 0.204. The van der Waals surface area contributed by atoms with Crippen molar-refractivity contribution in [3.63, 3.8) is 0 Å². The van der Waals surface area contributed by atoms with Crippen molar-refractivity contribution in [1.82, 2.24) is 15.2 Å². The second-order valence-electron chi connectivity index (χ2n) is 3.76. The first kappa shape index (κ1) is 12.6. The Morgan fingerprint density at radius 1 is 1.59 bits per heavy atom. The Morgan fingerprint density at radius 2 is 2.29 bits per heavy atom. The number of rotatable bonds is 2. The monoisotopic (exact) mass is 274 g/mol. The summed E-state index contributed by atoms with van der Waals surface area (Å²) in [5.41, 5.74) is 0.840. The molecule has 0 saturated carbocycles. The normalized spacial score (nSPS) is 16.0. The van der Waals surface area contributed by atoms with Gasteiger partial charge in [0.1, 0.15) is 4.34 Å². The number of aromatic nitrogens is 1. The molecule has 1 aromatic rings. The van der Waals surface area contributed by atoms with Crippen LogP contribution in [-0.4, -0.2) is 42.1 Å². The summed E-state index contributed by atoms with van der Waals surface area (Å²) in [7, 11) is 0. The van der Waals surface area contributed by atoms with Gasteiger partial charge in [-0.3, -0.25) is 5.32 Å². The van der Waals surface area contributed by atoms with E-state index in [9.17, 15) is 4.79 Å². The Kier molecular flexibility index (Phi) is 4.20. The topological polar surface area (TPSA) is 57.3 Å². The number of hydrogen-bond donors (Lipinski definition) is 2. The molecule has 0 bridgehead atoms. The zero-order chi connectivity index (χ0) is 12.3. The molecule has 1 fully saturated rings. The second kappa shape index (κ2) is 5.66. The van der Waals surface area contributed by atoms with E-state index in [2.05, 4.69) is 15.6 Å². The fourth-order valence-corrected chi connectivity index (χ4v) is 2.81. The van der Waals surface area contributed by atoms with Crippen LogP contribution in [0.15, 0.2) is 0 Å². The fourth-order valence-electron chi connectivity index (χ4n) is 1.64. The zero-order valence-electron chi connectivity index (χ0n) is 9.62. The van der Waals surface area contributed by atoms with Crippen molar-refractivity contribution in [3.05, 3.63) is 10.0 Å². The highest BCUT2D eigenvalue weighted by molar-refractivity contribution is 7.19. The molecule has 1 saturated heterocycles. The van der Waals surface area contributed by atoms with Gasteiger partial charge in [-0.2, -0.15) is 0 Å². The maximum Gasteiger partial charge on any atom is 0.323 e. The molecule has 2 amide bonds. The summed E-state index contributed by atoms with van der Waals surface area (Å²) in [6, 6.07) is -0.0976. The second-order valence-corrected chi connectivity index (χ2v) is 5.36. The lowest BCUT2D eigenvalue weighted by Crippen LogP contribution is -2.48. The minimum absolute atomic E-state index is 0.0976. The summed E-state index contributed by atoms with van der Waals surface area (Å²) < 4.78 is 0.656. The Bertz CT molecular complexity index is 403. The van der Waals surface area contributed by atoms with Gasteiger partial charge in [0.05, 0.1) is 5.69 Å². The van der Waals surface area contributed by atoms with Crippen LogP contribution in [0.25, 0.3) is 0 Å². The summed E-state index contributed by atoms with van der Waals surface area (Å²) in [6.07, 6.45) is 0.777. The molecule has 5 nitrogen and oxygen atoms in total. The van der Waals surface area contributed by atoms with E-state index in [-0.39, 0.29) is 6.03 Å². The van der Waals surface area contributed by atoms with Crippen LogP contribution in [0, 0.1) is 0 Å². The number of amides is 2. The standard InChI is InChI=1S/C10H15ClN4OS/c1-2-7-8(11)17-9(13-7)14-10(16)15-5-3-12-4-6-15/h12H,2-6H2,1H3,(H,13,14,16). The van der Waals surface area contributed by atoms with Crippen LogP contribution in [0.3, 0.4) is 0 Å². The maximum atomic E-state index is 11.9. The van der Waals surface area contributed by atoms with Crippen LogP contribution in [0.1, 0.15) is 12.6 Å². The van der Waals surface area contributed by atoms with E-state index in [0.29, 0.717) is 9.47 Å². The number of thiazole rings is 1. The van der Waals surface area contributed by atoms with Gasteiger partial charge in [0.2, 0.25) is 0 Å². The molecular weight excluding hydrogens is 260 g/mol. The number of aryl methyl sites for hydroxylation is 1. The average Bonchev–Trinajstić information content (AvgIpc) is 2.70. The van der Waals surface area contributed by atoms with Crippen LogP contribution >= 0.6 is 22.9 Å². The Hall–Kier alpha value is -0.850. The highest BCUT2D eigenvalue weighted by atomic mass is 35.5. The van der Waals surface area contributed by atoms with Crippen LogP contribution in [0.5, 0.6) is 0 Å². The summed E-state index contributed by atoms with van der Waals surface area (Å²) in [5, 5.41) is 6.57. The van der Waals surface area contributed by atoms with E-state index in [1.54, 1.807) is 4.90 Å². The molecular formula is C10H15ClN4OS. The minimum atomic E-state index is -0.0976. The molecule has 7 heteroatoms. The van der Waals surface area contributed by atoms with Crippen molar-refractivity contribution in [2.24, 2.45) is 0 Å². The minimum Gasteiger partial charge on any atom is -0.322 e. The van der Waals surface area contributed by atoms with Crippen LogP contribution in [0.2, 0.25) is 4.34 Å². The molecule has 17 heavy (non-hydrogen) atoms. The van der Waals surface area contributed by atoms with Gasteiger partial charge < -0.3 is 10.2 Å². The van der Waals surface area contributed by atoms with Gasteiger partial charge in [0.25, 0.3) is 0 Å². The highest BCUT2D eigenvalue weighted by Crippen LogP contribution is 2.28. The number of urea groups is 1. The van der Waals surface area contributed by atoms with E-state index < -0.39 is 0 Å². The third-order valence-corrected chi connectivity index (χ3v) is 3.85. The van der Waals surface area contributed by atoms with E-state index in [0.717, 1.165) is 38.3 Å². The molecule has 0 aromatic carbocycles. The fraction of sp³-hybridized carbons (Fsp3) is 0.600. The van der Waals surface area contributed by atoms with Gasteiger partial charge >= 0.3 is 6.03 Å². The van der Waals surface area contributed by atoms with Gasteiger partial charge in [0, 0.05) is 26.2 Å². The molecule has 94 valence electrons. The summed E-state index contributed by atoms with van der Waals surface area (Å²) in [6.45, 7) is 5.12. The van der Waals surface area contributed by atoms with Crippen LogP contribution in [-0.2, 0) is 6.42 Å². The van der Waals surface area contributed by atoms with E-state index in [4.69, 9.17) is 11.6 Å². The van der Waals surface area contributed by atoms with Gasteiger partial charge in [-0.25, -0.2) is 9.78 Å². The number of halogens is 1. The molecule has 1 aliphatic rings. The van der Waals surface area contributed by atoms with Crippen molar-refractivity contribution in [1.29, 1.82) is 0 Å². The van der Waals surface area contributed by atoms with Gasteiger partial charge in [-0.05, 0) is 6.42 Å². The number of anilines is 1. The largest absolute Gasteiger partial charge is 0.323 e. The SMILES string of the molecule is CCc1nc(NC(=O)N2CCNCC2)sc1Cl. The summed E-state index contributed by atoms with van der Waals surface area (Å²) >= 11 is 7.31. The van der Waals surface area contributed by atoms with Crippen molar-refractivity contribution in [2.75, 3.05) is 31.5 Å². The average molecular weight is 275 g/mol. The number of piperazine rings is 1. The smallest absolute Gasteiger partial charge is 0.322 e. The molecule has 0 aliphatic carbocycles.